The van der Waals surface area contributed by atoms with Gasteiger partial charge in [0, 0.05) is 12.6 Å². The number of methoxy groups -OCH3 is 1. The molecule has 1 aliphatic heterocycles. The number of hydrogen-bond donors (Lipinski definition) is 1. The van der Waals surface area contributed by atoms with Gasteiger partial charge in [-0.25, -0.2) is 0 Å². The zero-order valence-electron chi connectivity index (χ0n) is 12.4. The van der Waals surface area contributed by atoms with Crippen molar-refractivity contribution in [1.29, 1.82) is 5.26 Å². The van der Waals surface area contributed by atoms with Gasteiger partial charge in [-0.3, -0.25) is 0 Å². The molecule has 0 bridgehead atoms. The van der Waals surface area contributed by atoms with Crippen molar-refractivity contribution < 1.29 is 9.47 Å². The number of ether oxygens (including phenoxy) is 2. The summed E-state index contributed by atoms with van der Waals surface area (Å²) in [6, 6.07) is 8.04. The summed E-state index contributed by atoms with van der Waals surface area (Å²) in [4.78, 5) is 0. The SMILES string of the molecule is CCC1(C)CC(Nc2c(C#N)cccc2OC)CCO1. The monoisotopic (exact) mass is 274 g/mol. The van der Waals surface area contributed by atoms with E-state index in [1.54, 1.807) is 7.11 Å². The molecular formula is C16H22N2O2. The summed E-state index contributed by atoms with van der Waals surface area (Å²) >= 11 is 0. The van der Waals surface area contributed by atoms with E-state index in [4.69, 9.17) is 9.47 Å². The fourth-order valence-corrected chi connectivity index (χ4v) is 2.65. The highest BCUT2D eigenvalue weighted by Crippen LogP contribution is 2.33. The van der Waals surface area contributed by atoms with E-state index in [0.717, 1.165) is 31.6 Å². The molecule has 2 unspecified atom stereocenters. The lowest BCUT2D eigenvalue weighted by atomic mass is 9.89. The third kappa shape index (κ3) is 3.05. The van der Waals surface area contributed by atoms with Crippen molar-refractivity contribution in [3.8, 4) is 11.8 Å². The molecule has 1 N–H and O–H groups in total. The number of hydrogen-bond acceptors (Lipinski definition) is 4. The van der Waals surface area contributed by atoms with Crippen LogP contribution in [0.1, 0.15) is 38.7 Å². The largest absolute Gasteiger partial charge is 0.495 e. The van der Waals surface area contributed by atoms with E-state index in [1.807, 2.05) is 18.2 Å². The van der Waals surface area contributed by atoms with Crippen molar-refractivity contribution in [2.24, 2.45) is 0 Å². The van der Waals surface area contributed by atoms with Crippen LogP contribution in [0.4, 0.5) is 5.69 Å². The molecule has 4 nitrogen and oxygen atoms in total. The Morgan fingerprint density at radius 2 is 2.35 bits per heavy atom. The predicted molar refractivity (Wildman–Crippen MR) is 79.0 cm³/mol. The van der Waals surface area contributed by atoms with Crippen LogP contribution in [0.25, 0.3) is 0 Å². The summed E-state index contributed by atoms with van der Waals surface area (Å²) in [5, 5.41) is 12.7. The van der Waals surface area contributed by atoms with Crippen molar-refractivity contribution in [2.45, 2.75) is 44.8 Å². The molecule has 4 heteroatoms. The molecule has 1 aromatic carbocycles. The minimum absolute atomic E-state index is 0.0786. The molecule has 0 aliphatic carbocycles. The van der Waals surface area contributed by atoms with E-state index < -0.39 is 0 Å². The molecule has 1 fully saturated rings. The van der Waals surface area contributed by atoms with Crippen LogP contribution in [0.15, 0.2) is 18.2 Å². The summed E-state index contributed by atoms with van der Waals surface area (Å²) in [5.41, 5.74) is 1.34. The number of nitrogens with one attached hydrogen (secondary N) is 1. The Bertz CT molecular complexity index is 510. The second-order valence-corrected chi connectivity index (χ2v) is 5.48. The summed E-state index contributed by atoms with van der Waals surface area (Å²) in [5.74, 6) is 0.716. The Morgan fingerprint density at radius 1 is 1.55 bits per heavy atom. The minimum Gasteiger partial charge on any atom is -0.495 e. The number of anilines is 1. The van der Waals surface area contributed by atoms with Gasteiger partial charge in [-0.1, -0.05) is 13.0 Å². The number of nitrogens with zero attached hydrogens (tertiary/aromatic N) is 1. The van der Waals surface area contributed by atoms with E-state index in [2.05, 4.69) is 25.2 Å². The second kappa shape index (κ2) is 6.15. The average Bonchev–Trinajstić information content (AvgIpc) is 2.47. The quantitative estimate of drug-likeness (QED) is 0.915. The fraction of sp³-hybridized carbons (Fsp3) is 0.562. The van der Waals surface area contributed by atoms with E-state index >= 15 is 0 Å². The van der Waals surface area contributed by atoms with Gasteiger partial charge < -0.3 is 14.8 Å². The van der Waals surface area contributed by atoms with Crippen LogP contribution in [0, 0.1) is 11.3 Å². The first-order valence-electron chi connectivity index (χ1n) is 7.09. The highest BCUT2D eigenvalue weighted by atomic mass is 16.5. The zero-order chi connectivity index (χ0) is 14.6. The van der Waals surface area contributed by atoms with Gasteiger partial charge in [-0.15, -0.1) is 0 Å². The predicted octanol–water partition coefficient (Wildman–Crippen LogP) is 3.33. The summed E-state index contributed by atoms with van der Waals surface area (Å²) in [6.07, 6.45) is 2.87. The van der Waals surface area contributed by atoms with Crippen molar-refractivity contribution >= 4 is 5.69 Å². The van der Waals surface area contributed by atoms with E-state index in [1.165, 1.54) is 0 Å². The maximum atomic E-state index is 9.25. The van der Waals surface area contributed by atoms with Gasteiger partial charge >= 0.3 is 0 Å². The van der Waals surface area contributed by atoms with Crippen LogP contribution >= 0.6 is 0 Å². The normalized spacial score (nSPS) is 25.8. The van der Waals surface area contributed by atoms with Gasteiger partial charge in [0.15, 0.2) is 0 Å². The number of nitriles is 1. The highest BCUT2D eigenvalue weighted by molar-refractivity contribution is 5.66. The molecule has 0 amide bonds. The minimum atomic E-state index is -0.0786. The van der Waals surface area contributed by atoms with Gasteiger partial charge in [-0.05, 0) is 38.3 Å². The topological polar surface area (TPSA) is 54.3 Å². The molecule has 0 saturated carbocycles. The Kier molecular flexibility index (Phi) is 4.51. The molecule has 0 radical (unpaired) electrons. The first-order chi connectivity index (χ1) is 9.61. The molecule has 2 rings (SSSR count). The van der Waals surface area contributed by atoms with Gasteiger partial charge in [-0.2, -0.15) is 5.26 Å². The van der Waals surface area contributed by atoms with Gasteiger partial charge in [0.05, 0.1) is 24.0 Å². The fourth-order valence-electron chi connectivity index (χ4n) is 2.65. The van der Waals surface area contributed by atoms with Crippen LogP contribution in [0.2, 0.25) is 0 Å². The molecular weight excluding hydrogens is 252 g/mol. The Hall–Kier alpha value is -1.73. The summed E-state index contributed by atoms with van der Waals surface area (Å²) in [6.45, 7) is 5.04. The molecule has 108 valence electrons. The van der Waals surface area contributed by atoms with Crippen LogP contribution in [0.3, 0.4) is 0 Å². The maximum Gasteiger partial charge on any atom is 0.143 e. The number of rotatable bonds is 4. The van der Waals surface area contributed by atoms with Crippen LogP contribution in [0.5, 0.6) is 5.75 Å². The third-order valence-electron chi connectivity index (χ3n) is 4.06. The molecule has 1 saturated heterocycles. The highest BCUT2D eigenvalue weighted by Gasteiger charge is 2.32. The Morgan fingerprint density at radius 3 is 3.00 bits per heavy atom. The van der Waals surface area contributed by atoms with E-state index in [9.17, 15) is 5.26 Å². The summed E-state index contributed by atoms with van der Waals surface area (Å²) in [7, 11) is 1.63. The molecule has 1 heterocycles. The maximum absolute atomic E-state index is 9.25. The van der Waals surface area contributed by atoms with Crippen molar-refractivity contribution in [1.82, 2.24) is 0 Å². The van der Waals surface area contributed by atoms with Gasteiger partial charge in [0.2, 0.25) is 0 Å². The second-order valence-electron chi connectivity index (χ2n) is 5.48. The molecule has 0 spiro atoms. The molecule has 1 aromatic rings. The van der Waals surface area contributed by atoms with Gasteiger partial charge in [0.25, 0.3) is 0 Å². The lowest BCUT2D eigenvalue weighted by Crippen LogP contribution is -2.42. The lowest BCUT2D eigenvalue weighted by molar-refractivity contribution is -0.0709. The number of benzene rings is 1. The van der Waals surface area contributed by atoms with Crippen LogP contribution in [-0.4, -0.2) is 25.4 Å². The standard InChI is InChI=1S/C16H22N2O2/c1-4-16(2)10-13(8-9-20-16)18-15-12(11-17)6-5-7-14(15)19-3/h5-7,13,18H,4,8-10H2,1-3H3. The van der Waals surface area contributed by atoms with E-state index in [0.29, 0.717) is 17.4 Å². The number of para-hydroxylation sites is 1. The van der Waals surface area contributed by atoms with Crippen molar-refractivity contribution in [3.63, 3.8) is 0 Å². The Balaban J connectivity index is 2.20. The smallest absolute Gasteiger partial charge is 0.143 e. The molecule has 0 aromatic heterocycles. The molecule has 2 atom stereocenters. The van der Waals surface area contributed by atoms with Crippen LogP contribution in [-0.2, 0) is 4.74 Å². The van der Waals surface area contributed by atoms with Gasteiger partial charge in [0.1, 0.15) is 11.8 Å². The Labute approximate surface area is 120 Å². The average molecular weight is 274 g/mol. The third-order valence-corrected chi connectivity index (χ3v) is 4.06. The first kappa shape index (κ1) is 14.7. The lowest BCUT2D eigenvalue weighted by Gasteiger charge is -2.38. The molecule has 1 aliphatic rings. The van der Waals surface area contributed by atoms with Crippen LogP contribution < -0.4 is 10.1 Å². The summed E-state index contributed by atoms with van der Waals surface area (Å²) < 4.78 is 11.2. The zero-order valence-corrected chi connectivity index (χ0v) is 12.4. The van der Waals surface area contributed by atoms with Crippen molar-refractivity contribution in [3.05, 3.63) is 23.8 Å². The first-order valence-corrected chi connectivity index (χ1v) is 7.09. The molecule has 20 heavy (non-hydrogen) atoms. The van der Waals surface area contributed by atoms with E-state index in [-0.39, 0.29) is 5.60 Å². The van der Waals surface area contributed by atoms with Crippen molar-refractivity contribution in [2.75, 3.05) is 19.0 Å².